The molecule has 0 aromatic heterocycles. The van der Waals surface area contributed by atoms with Crippen molar-refractivity contribution < 1.29 is 9.66 Å². The molecule has 1 aromatic rings. The highest BCUT2D eigenvalue weighted by molar-refractivity contribution is 7.80. The lowest BCUT2D eigenvalue weighted by Gasteiger charge is -2.07. The zero-order valence-corrected chi connectivity index (χ0v) is 9.41. The second-order valence-corrected chi connectivity index (χ2v) is 3.30. The molecule has 0 aliphatic rings. The first-order chi connectivity index (χ1) is 7.54. The number of nitrogens with two attached hydrogens (primary N) is 1. The van der Waals surface area contributed by atoms with Crippen molar-refractivity contribution in [3.63, 3.8) is 0 Å². The number of nitrogens with zero attached hydrogens (tertiary/aromatic N) is 1. The van der Waals surface area contributed by atoms with Gasteiger partial charge in [-0.2, -0.15) is 0 Å². The number of nitrogens with one attached hydrogen (secondary N) is 1. The summed E-state index contributed by atoms with van der Waals surface area (Å²) < 4.78 is 5.12. The minimum atomic E-state index is -0.518. The third kappa shape index (κ3) is 3.06. The topological polar surface area (TPSA) is 90.4 Å². The van der Waals surface area contributed by atoms with Gasteiger partial charge >= 0.3 is 5.69 Å². The standard InChI is InChI=1S/C9H11N3O3S/c1-2-15-8-4-3-6(11-9(10)16)5-7(8)12(13)14/h3-5H,2H2,1H3,(H3,10,11,16). The summed E-state index contributed by atoms with van der Waals surface area (Å²) in [6, 6.07) is 4.43. The first-order valence-electron chi connectivity index (χ1n) is 4.52. The molecule has 16 heavy (non-hydrogen) atoms. The Morgan fingerprint density at radius 1 is 1.69 bits per heavy atom. The van der Waals surface area contributed by atoms with E-state index in [4.69, 9.17) is 10.5 Å². The highest BCUT2D eigenvalue weighted by Crippen LogP contribution is 2.29. The Morgan fingerprint density at radius 3 is 2.88 bits per heavy atom. The van der Waals surface area contributed by atoms with E-state index in [1.165, 1.54) is 12.1 Å². The molecule has 0 atom stereocenters. The summed E-state index contributed by atoms with van der Waals surface area (Å²) in [5, 5.41) is 13.4. The molecule has 0 radical (unpaired) electrons. The summed E-state index contributed by atoms with van der Waals surface area (Å²) in [5.41, 5.74) is 5.61. The third-order valence-corrected chi connectivity index (χ3v) is 1.83. The predicted molar refractivity (Wildman–Crippen MR) is 64.7 cm³/mol. The van der Waals surface area contributed by atoms with Crippen LogP contribution in [0.5, 0.6) is 5.75 Å². The predicted octanol–water partition coefficient (Wildman–Crippen LogP) is 1.65. The fourth-order valence-corrected chi connectivity index (χ4v) is 1.28. The Balaban J connectivity index is 3.06. The van der Waals surface area contributed by atoms with Crippen molar-refractivity contribution in [1.29, 1.82) is 0 Å². The Labute approximate surface area is 97.5 Å². The van der Waals surface area contributed by atoms with Gasteiger partial charge in [-0.1, -0.05) is 0 Å². The van der Waals surface area contributed by atoms with Crippen LogP contribution < -0.4 is 15.8 Å². The van der Waals surface area contributed by atoms with Gasteiger partial charge < -0.3 is 15.8 Å². The first-order valence-corrected chi connectivity index (χ1v) is 4.93. The molecule has 3 N–H and O–H groups in total. The van der Waals surface area contributed by atoms with Crippen LogP contribution in [-0.2, 0) is 0 Å². The van der Waals surface area contributed by atoms with E-state index in [0.29, 0.717) is 12.3 Å². The molecule has 1 aromatic carbocycles. The van der Waals surface area contributed by atoms with Crippen LogP contribution in [0.1, 0.15) is 6.92 Å². The maximum atomic E-state index is 10.8. The third-order valence-electron chi connectivity index (χ3n) is 1.72. The molecule has 86 valence electrons. The summed E-state index contributed by atoms with van der Waals surface area (Å²) in [6.07, 6.45) is 0. The minimum Gasteiger partial charge on any atom is -0.487 e. The summed E-state index contributed by atoms with van der Waals surface area (Å²) in [4.78, 5) is 10.3. The SMILES string of the molecule is CCOc1ccc(NC(N)=S)cc1[N+](=O)[O-]. The van der Waals surface area contributed by atoms with Gasteiger partial charge in [-0.25, -0.2) is 0 Å². The Kier molecular flexibility index (Phi) is 4.01. The average Bonchev–Trinajstić information content (AvgIpc) is 2.19. The number of ether oxygens (including phenoxy) is 1. The number of nitro groups is 1. The highest BCUT2D eigenvalue weighted by atomic mass is 32.1. The Morgan fingerprint density at radius 2 is 2.38 bits per heavy atom. The van der Waals surface area contributed by atoms with Crippen LogP contribution in [0.4, 0.5) is 11.4 Å². The van der Waals surface area contributed by atoms with E-state index in [1.807, 2.05) is 0 Å². The number of nitro benzene ring substituents is 1. The lowest BCUT2D eigenvalue weighted by atomic mass is 10.2. The van der Waals surface area contributed by atoms with Crippen LogP contribution in [0.3, 0.4) is 0 Å². The lowest BCUT2D eigenvalue weighted by Crippen LogP contribution is -2.18. The Bertz CT molecular complexity index is 422. The molecule has 0 spiro atoms. The quantitative estimate of drug-likeness (QED) is 0.473. The van der Waals surface area contributed by atoms with E-state index in [0.717, 1.165) is 0 Å². The van der Waals surface area contributed by atoms with Gasteiger partial charge in [0.25, 0.3) is 0 Å². The van der Waals surface area contributed by atoms with E-state index in [1.54, 1.807) is 13.0 Å². The van der Waals surface area contributed by atoms with Gasteiger partial charge in [0.2, 0.25) is 0 Å². The number of rotatable bonds is 4. The number of anilines is 1. The largest absolute Gasteiger partial charge is 0.487 e. The van der Waals surface area contributed by atoms with Gasteiger partial charge in [0, 0.05) is 11.8 Å². The normalized spacial score (nSPS) is 9.56. The molecule has 0 aliphatic carbocycles. The summed E-state index contributed by atoms with van der Waals surface area (Å²) >= 11 is 4.64. The molecule has 0 fully saturated rings. The fraction of sp³-hybridized carbons (Fsp3) is 0.222. The van der Waals surface area contributed by atoms with Crippen molar-refractivity contribution in [2.45, 2.75) is 6.92 Å². The highest BCUT2D eigenvalue weighted by Gasteiger charge is 2.15. The molecule has 1 rings (SSSR count). The van der Waals surface area contributed by atoms with Crippen molar-refractivity contribution in [1.82, 2.24) is 0 Å². The molecule has 7 heteroatoms. The second-order valence-electron chi connectivity index (χ2n) is 2.86. The van der Waals surface area contributed by atoms with Crippen LogP contribution in [-0.4, -0.2) is 16.6 Å². The maximum absolute atomic E-state index is 10.8. The molecule has 6 nitrogen and oxygen atoms in total. The van der Waals surface area contributed by atoms with Gasteiger partial charge in [0.1, 0.15) is 0 Å². The molecular formula is C9H11N3O3S. The lowest BCUT2D eigenvalue weighted by molar-refractivity contribution is -0.385. The van der Waals surface area contributed by atoms with E-state index in [9.17, 15) is 10.1 Å². The van der Waals surface area contributed by atoms with E-state index < -0.39 is 4.92 Å². The van der Waals surface area contributed by atoms with Crippen LogP contribution >= 0.6 is 12.2 Å². The first kappa shape index (κ1) is 12.2. The number of hydrogen-bond acceptors (Lipinski definition) is 4. The number of thiocarbonyl (C=S) groups is 1. The Hall–Kier alpha value is -1.89. The van der Waals surface area contributed by atoms with Gasteiger partial charge in [-0.3, -0.25) is 10.1 Å². The number of hydrogen-bond donors (Lipinski definition) is 2. The van der Waals surface area contributed by atoms with Gasteiger partial charge in [0.15, 0.2) is 10.9 Å². The van der Waals surface area contributed by atoms with Gasteiger partial charge in [-0.05, 0) is 31.3 Å². The van der Waals surface area contributed by atoms with Gasteiger partial charge in [0.05, 0.1) is 11.5 Å². The van der Waals surface area contributed by atoms with Crippen LogP contribution in [0.15, 0.2) is 18.2 Å². The molecule has 0 heterocycles. The second kappa shape index (κ2) is 5.26. The van der Waals surface area contributed by atoms with Crippen LogP contribution in [0.25, 0.3) is 0 Å². The number of benzene rings is 1. The average molecular weight is 241 g/mol. The van der Waals surface area contributed by atoms with Crippen molar-refractivity contribution >= 4 is 28.7 Å². The van der Waals surface area contributed by atoms with E-state index in [-0.39, 0.29) is 16.5 Å². The van der Waals surface area contributed by atoms with Crippen molar-refractivity contribution in [3.8, 4) is 5.75 Å². The van der Waals surface area contributed by atoms with Gasteiger partial charge in [-0.15, -0.1) is 0 Å². The summed E-state index contributed by atoms with van der Waals surface area (Å²) in [6.45, 7) is 2.12. The summed E-state index contributed by atoms with van der Waals surface area (Å²) in [5.74, 6) is 0.223. The zero-order chi connectivity index (χ0) is 12.1. The molecule has 0 bridgehead atoms. The molecule has 0 saturated heterocycles. The van der Waals surface area contributed by atoms with Crippen molar-refractivity contribution in [2.75, 3.05) is 11.9 Å². The summed E-state index contributed by atoms with van der Waals surface area (Å²) in [7, 11) is 0. The van der Waals surface area contributed by atoms with E-state index >= 15 is 0 Å². The molecule has 0 unspecified atom stereocenters. The van der Waals surface area contributed by atoms with Crippen molar-refractivity contribution in [3.05, 3.63) is 28.3 Å². The smallest absolute Gasteiger partial charge is 0.312 e. The van der Waals surface area contributed by atoms with Crippen LogP contribution in [0.2, 0.25) is 0 Å². The maximum Gasteiger partial charge on any atom is 0.312 e. The van der Waals surface area contributed by atoms with E-state index in [2.05, 4.69) is 17.5 Å². The van der Waals surface area contributed by atoms with Crippen LogP contribution in [0, 0.1) is 10.1 Å². The van der Waals surface area contributed by atoms with Crippen molar-refractivity contribution in [2.24, 2.45) is 5.73 Å². The monoisotopic (exact) mass is 241 g/mol. The molecule has 0 amide bonds. The minimum absolute atomic E-state index is 0.0541. The molecule has 0 aliphatic heterocycles. The molecule has 0 saturated carbocycles. The zero-order valence-electron chi connectivity index (χ0n) is 8.60. The fourth-order valence-electron chi connectivity index (χ4n) is 1.16. The molecular weight excluding hydrogens is 230 g/mol.